The molecule has 4 atom stereocenters. The lowest BCUT2D eigenvalue weighted by atomic mass is 10.1. The second-order valence-electron chi connectivity index (χ2n) is 8.99. The minimum atomic E-state index is -1.09. The first-order chi connectivity index (χ1) is 16.9. The molecule has 184 valence electrons. The molecule has 0 radical (unpaired) electrons. The summed E-state index contributed by atoms with van der Waals surface area (Å²) in [5.74, 6) is 0.881. The molecule has 2 aromatic carbocycles. The fraction of sp³-hybridized carbons (Fsp3) is 0.400. The van der Waals surface area contributed by atoms with Crippen LogP contribution in [0.25, 0.3) is 0 Å². The maximum atomic E-state index is 10.6. The number of nitrogens with two attached hydrogens (primary N) is 1. The molecule has 2 heterocycles. The lowest BCUT2D eigenvalue weighted by Gasteiger charge is -2.16. The fourth-order valence-corrected chi connectivity index (χ4v) is 4.89. The van der Waals surface area contributed by atoms with Gasteiger partial charge in [0.15, 0.2) is 0 Å². The molecule has 35 heavy (non-hydrogen) atoms. The third-order valence-corrected chi connectivity index (χ3v) is 6.92. The first-order valence-corrected chi connectivity index (χ1v) is 12.4. The zero-order valence-corrected chi connectivity index (χ0v) is 20.6. The van der Waals surface area contributed by atoms with Crippen LogP contribution in [0.1, 0.15) is 22.5 Å². The number of aliphatic hydroxyl groups is 2. The lowest BCUT2D eigenvalue weighted by Crippen LogP contribution is -2.35. The van der Waals surface area contributed by atoms with Crippen LogP contribution in [0.5, 0.6) is 0 Å². The van der Waals surface area contributed by atoms with Crippen LogP contribution in [-0.2, 0) is 35.3 Å². The maximum Gasteiger partial charge on any atom is 0.227 e. The Morgan fingerprint density at radius 3 is 2.37 bits per heavy atom. The van der Waals surface area contributed by atoms with Gasteiger partial charge >= 0.3 is 0 Å². The second kappa shape index (κ2) is 10.5. The number of nitrogens with one attached hydrogen (secondary N) is 1. The molecule has 2 aliphatic rings. The van der Waals surface area contributed by atoms with E-state index in [1.54, 1.807) is 0 Å². The van der Waals surface area contributed by atoms with Crippen molar-refractivity contribution in [1.82, 2.24) is 15.0 Å². The van der Waals surface area contributed by atoms with Crippen LogP contribution >= 0.6 is 15.9 Å². The number of anilines is 2. The van der Waals surface area contributed by atoms with Crippen LogP contribution in [0.15, 0.2) is 53.0 Å². The van der Waals surface area contributed by atoms with Crippen LogP contribution in [0, 0.1) is 0 Å². The number of fused-ring (bicyclic) bond motifs is 1. The van der Waals surface area contributed by atoms with Crippen molar-refractivity contribution in [3.63, 3.8) is 0 Å². The SMILES string of the molecule is Nc1nc(CC2O[C@H](COCc3ccc(Br)cc3)[C@@H](O)[C@H]2O)nc(NC2Cc3ccccc3C2)n1. The van der Waals surface area contributed by atoms with Gasteiger partial charge in [-0.3, -0.25) is 0 Å². The van der Waals surface area contributed by atoms with Crippen LogP contribution in [-0.4, -0.2) is 62.2 Å². The van der Waals surface area contributed by atoms with Crippen molar-refractivity contribution in [2.24, 2.45) is 0 Å². The molecule has 5 rings (SSSR count). The van der Waals surface area contributed by atoms with Crippen molar-refractivity contribution in [2.75, 3.05) is 17.7 Å². The van der Waals surface area contributed by atoms with E-state index >= 15 is 0 Å². The highest BCUT2D eigenvalue weighted by atomic mass is 79.9. The minimum Gasteiger partial charge on any atom is -0.388 e. The summed E-state index contributed by atoms with van der Waals surface area (Å²) >= 11 is 3.40. The van der Waals surface area contributed by atoms with Gasteiger partial charge < -0.3 is 30.7 Å². The van der Waals surface area contributed by atoms with Gasteiger partial charge in [-0.25, -0.2) is 0 Å². The van der Waals surface area contributed by atoms with Crippen LogP contribution in [0.3, 0.4) is 0 Å². The third-order valence-electron chi connectivity index (χ3n) is 6.39. The molecule has 0 amide bonds. The highest BCUT2D eigenvalue weighted by molar-refractivity contribution is 9.10. The first kappa shape index (κ1) is 24.1. The summed E-state index contributed by atoms with van der Waals surface area (Å²) < 4.78 is 12.6. The monoisotopic (exact) mass is 541 g/mol. The molecule has 1 aliphatic heterocycles. The molecule has 1 fully saturated rings. The largest absolute Gasteiger partial charge is 0.388 e. The molecule has 0 bridgehead atoms. The average Bonchev–Trinajstić information content (AvgIpc) is 3.35. The number of aromatic nitrogens is 3. The Balaban J connectivity index is 1.17. The van der Waals surface area contributed by atoms with E-state index in [0.717, 1.165) is 22.9 Å². The number of aliphatic hydroxyl groups excluding tert-OH is 2. The number of rotatable bonds is 8. The van der Waals surface area contributed by atoms with Crippen molar-refractivity contribution in [2.45, 2.75) is 56.3 Å². The zero-order valence-electron chi connectivity index (χ0n) is 19.0. The van der Waals surface area contributed by atoms with Crippen LogP contribution in [0.4, 0.5) is 11.9 Å². The lowest BCUT2D eigenvalue weighted by molar-refractivity contribution is -0.0482. The number of nitrogen functional groups attached to an aromatic ring is 1. The number of ether oxygens (including phenoxy) is 2. The predicted octanol–water partition coefficient (Wildman–Crippen LogP) is 2.04. The van der Waals surface area contributed by atoms with Crippen LogP contribution < -0.4 is 11.1 Å². The first-order valence-electron chi connectivity index (χ1n) is 11.6. The summed E-state index contributed by atoms with van der Waals surface area (Å²) in [6, 6.07) is 16.3. The molecular formula is C25H28BrN5O4. The van der Waals surface area contributed by atoms with Gasteiger partial charge in [0.25, 0.3) is 0 Å². The Bertz CT molecular complexity index is 1140. The standard InChI is InChI=1S/C25H28BrN5O4/c26-17-7-5-14(6-8-17)12-34-13-20-23(33)22(32)19(35-20)11-21-29-24(27)31-25(30-21)28-18-9-15-3-1-2-4-16(15)10-18/h1-8,18-20,22-23,32-33H,9-13H2,(H3,27,28,29,30,31)/t19?,20-,22+,23-/m1/s1. The molecule has 1 unspecified atom stereocenters. The highest BCUT2D eigenvalue weighted by Gasteiger charge is 2.43. The molecule has 1 saturated heterocycles. The highest BCUT2D eigenvalue weighted by Crippen LogP contribution is 2.26. The van der Waals surface area contributed by atoms with Gasteiger partial charge in [-0.2, -0.15) is 15.0 Å². The average molecular weight is 542 g/mol. The Labute approximate surface area is 211 Å². The van der Waals surface area contributed by atoms with E-state index in [4.69, 9.17) is 15.2 Å². The van der Waals surface area contributed by atoms with Gasteiger partial charge in [0.2, 0.25) is 11.9 Å². The van der Waals surface area contributed by atoms with E-state index in [9.17, 15) is 10.2 Å². The number of benzene rings is 2. The molecule has 0 saturated carbocycles. The third kappa shape index (κ3) is 5.79. The van der Waals surface area contributed by atoms with E-state index in [0.29, 0.717) is 18.4 Å². The van der Waals surface area contributed by atoms with Crippen molar-refractivity contribution >= 4 is 27.8 Å². The summed E-state index contributed by atoms with van der Waals surface area (Å²) in [6.45, 7) is 0.532. The topological polar surface area (TPSA) is 136 Å². The quantitative estimate of drug-likeness (QED) is 0.337. The van der Waals surface area contributed by atoms with Gasteiger partial charge in [-0.15, -0.1) is 0 Å². The molecule has 1 aliphatic carbocycles. The fourth-order valence-electron chi connectivity index (χ4n) is 4.62. The van der Waals surface area contributed by atoms with Gasteiger partial charge in [0, 0.05) is 16.9 Å². The minimum absolute atomic E-state index is 0.0930. The normalized spacial score (nSPS) is 24.0. The van der Waals surface area contributed by atoms with E-state index in [1.807, 2.05) is 36.4 Å². The van der Waals surface area contributed by atoms with E-state index in [-0.39, 0.29) is 25.0 Å². The smallest absolute Gasteiger partial charge is 0.227 e. The maximum absolute atomic E-state index is 10.6. The Kier molecular flexibility index (Phi) is 7.26. The molecular weight excluding hydrogens is 514 g/mol. The van der Waals surface area contributed by atoms with E-state index in [2.05, 4.69) is 48.3 Å². The van der Waals surface area contributed by atoms with Crippen LogP contribution in [0.2, 0.25) is 0 Å². The summed E-state index contributed by atoms with van der Waals surface area (Å²) in [5, 5.41) is 24.4. The zero-order chi connectivity index (χ0) is 24.4. The molecule has 10 heteroatoms. The summed E-state index contributed by atoms with van der Waals surface area (Å²) in [5.41, 5.74) is 9.57. The van der Waals surface area contributed by atoms with Gasteiger partial charge in [-0.1, -0.05) is 52.3 Å². The molecule has 9 nitrogen and oxygen atoms in total. The number of hydrogen-bond donors (Lipinski definition) is 4. The summed E-state index contributed by atoms with van der Waals surface area (Å²) in [6.07, 6.45) is -1.54. The van der Waals surface area contributed by atoms with Gasteiger partial charge in [0.1, 0.15) is 24.1 Å². The molecule has 5 N–H and O–H groups in total. The van der Waals surface area contributed by atoms with E-state index in [1.165, 1.54) is 11.1 Å². The number of hydrogen-bond acceptors (Lipinski definition) is 9. The van der Waals surface area contributed by atoms with Crippen molar-refractivity contribution in [1.29, 1.82) is 0 Å². The van der Waals surface area contributed by atoms with Crippen molar-refractivity contribution < 1.29 is 19.7 Å². The Hall–Kier alpha value is -2.63. The van der Waals surface area contributed by atoms with Crippen molar-refractivity contribution in [3.8, 4) is 0 Å². The van der Waals surface area contributed by atoms with E-state index < -0.39 is 24.4 Å². The van der Waals surface area contributed by atoms with Crippen molar-refractivity contribution in [3.05, 3.63) is 75.5 Å². The summed E-state index contributed by atoms with van der Waals surface area (Å²) in [7, 11) is 0. The summed E-state index contributed by atoms with van der Waals surface area (Å²) in [4.78, 5) is 12.9. The number of halogens is 1. The van der Waals surface area contributed by atoms with Gasteiger partial charge in [-0.05, 0) is 41.7 Å². The number of nitrogens with zero attached hydrogens (tertiary/aromatic N) is 3. The molecule has 1 aromatic heterocycles. The molecule has 3 aromatic rings. The Morgan fingerprint density at radius 1 is 0.971 bits per heavy atom. The Morgan fingerprint density at radius 2 is 1.66 bits per heavy atom. The second-order valence-corrected chi connectivity index (χ2v) is 9.91. The molecule has 0 spiro atoms. The van der Waals surface area contributed by atoms with Gasteiger partial charge in [0.05, 0.1) is 19.3 Å². The predicted molar refractivity (Wildman–Crippen MR) is 134 cm³/mol.